The highest BCUT2D eigenvalue weighted by molar-refractivity contribution is 5.75. The van der Waals surface area contributed by atoms with Gasteiger partial charge in [-0.05, 0) is 20.8 Å². The Kier molecular flexibility index (Phi) is 4.66. The number of aromatic nitrogens is 2. The second-order valence-electron chi connectivity index (χ2n) is 5.09. The van der Waals surface area contributed by atoms with Crippen molar-refractivity contribution in [1.29, 1.82) is 0 Å². The van der Waals surface area contributed by atoms with Crippen LogP contribution in [0, 0.1) is 0 Å². The number of carbonyl (C=O) groups is 2. The number of hydrogen-bond donors (Lipinski definition) is 1. The van der Waals surface area contributed by atoms with Crippen LogP contribution in [0.15, 0.2) is 12.5 Å². The van der Waals surface area contributed by atoms with Gasteiger partial charge >= 0.3 is 12.1 Å². The number of carbonyl (C=O) groups excluding carboxylic acids is 2. The summed E-state index contributed by atoms with van der Waals surface area (Å²) in [4.78, 5) is 26.9. The monoisotopic (exact) mass is 269 g/mol. The van der Waals surface area contributed by atoms with Gasteiger partial charge < -0.3 is 15.2 Å². The molecule has 0 bridgehead atoms. The number of nitrogens with zero attached hydrogens (tertiary/aromatic N) is 2. The van der Waals surface area contributed by atoms with Gasteiger partial charge in [-0.15, -0.1) is 0 Å². The van der Waals surface area contributed by atoms with Crippen molar-refractivity contribution in [2.45, 2.75) is 38.8 Å². The van der Waals surface area contributed by atoms with Crippen molar-refractivity contribution in [3.8, 4) is 0 Å². The number of esters is 1. The minimum atomic E-state index is -0.799. The fraction of sp³-hybridized carbons (Fsp3) is 0.583. The largest absolute Gasteiger partial charge is 0.468 e. The first-order valence-corrected chi connectivity index (χ1v) is 5.82. The van der Waals surface area contributed by atoms with Crippen LogP contribution in [0.1, 0.15) is 26.5 Å². The average molecular weight is 269 g/mol. The Morgan fingerprint density at radius 1 is 1.47 bits per heavy atom. The van der Waals surface area contributed by atoms with Crippen LogP contribution in [-0.4, -0.2) is 40.4 Å². The molecule has 0 unspecified atom stereocenters. The molecule has 0 fully saturated rings. The fourth-order valence-corrected chi connectivity index (χ4v) is 1.34. The molecule has 106 valence electrons. The van der Waals surface area contributed by atoms with E-state index >= 15 is 0 Å². The predicted molar refractivity (Wildman–Crippen MR) is 67.6 cm³/mol. The molecule has 1 rings (SSSR count). The molecule has 19 heavy (non-hydrogen) atoms. The third-order valence-electron chi connectivity index (χ3n) is 2.17. The van der Waals surface area contributed by atoms with E-state index < -0.39 is 23.7 Å². The quantitative estimate of drug-likeness (QED) is 0.812. The lowest BCUT2D eigenvalue weighted by Gasteiger charge is -2.19. The van der Waals surface area contributed by atoms with E-state index in [1.807, 2.05) is 0 Å². The molecular weight excluding hydrogens is 250 g/mol. The Morgan fingerprint density at radius 2 is 2.11 bits per heavy atom. The van der Waals surface area contributed by atoms with Gasteiger partial charge in [0.1, 0.15) is 18.0 Å². The number of rotatable bonds is 3. The first-order valence-electron chi connectivity index (χ1n) is 5.82. The van der Waals surface area contributed by atoms with Crippen LogP contribution < -0.4 is 5.73 Å². The third kappa shape index (κ3) is 4.70. The third-order valence-corrected chi connectivity index (χ3v) is 2.17. The van der Waals surface area contributed by atoms with Crippen LogP contribution in [-0.2, 0) is 20.7 Å². The summed E-state index contributed by atoms with van der Waals surface area (Å²) < 4.78 is 10.9. The number of nitrogens with two attached hydrogens (primary N) is 1. The Labute approximate surface area is 111 Å². The molecule has 1 heterocycles. The minimum Gasteiger partial charge on any atom is -0.468 e. The van der Waals surface area contributed by atoms with Crippen molar-refractivity contribution in [3.05, 3.63) is 18.2 Å². The lowest BCUT2D eigenvalue weighted by Crippen LogP contribution is -2.33. The van der Waals surface area contributed by atoms with Crippen molar-refractivity contribution in [2.24, 2.45) is 5.73 Å². The molecule has 7 heteroatoms. The van der Waals surface area contributed by atoms with Gasteiger partial charge in [0.25, 0.3) is 0 Å². The molecule has 0 spiro atoms. The zero-order chi connectivity index (χ0) is 14.6. The Hall–Kier alpha value is -1.89. The summed E-state index contributed by atoms with van der Waals surface area (Å²) in [5.41, 5.74) is 5.54. The van der Waals surface area contributed by atoms with E-state index in [4.69, 9.17) is 10.5 Å². The van der Waals surface area contributed by atoms with Crippen molar-refractivity contribution >= 4 is 12.1 Å². The maximum Gasteiger partial charge on any atom is 0.419 e. The number of methoxy groups -OCH3 is 1. The molecule has 1 atom stereocenters. The second-order valence-corrected chi connectivity index (χ2v) is 5.09. The van der Waals surface area contributed by atoms with Gasteiger partial charge in [-0.1, -0.05) is 0 Å². The van der Waals surface area contributed by atoms with E-state index in [2.05, 4.69) is 9.72 Å². The van der Waals surface area contributed by atoms with Crippen molar-refractivity contribution in [2.75, 3.05) is 7.11 Å². The van der Waals surface area contributed by atoms with E-state index in [-0.39, 0.29) is 6.42 Å². The van der Waals surface area contributed by atoms with Gasteiger partial charge in [-0.25, -0.2) is 14.3 Å². The van der Waals surface area contributed by atoms with Crippen LogP contribution in [0.2, 0.25) is 0 Å². The van der Waals surface area contributed by atoms with Gasteiger partial charge in [-0.2, -0.15) is 0 Å². The average Bonchev–Trinajstić information content (AvgIpc) is 2.74. The number of ether oxygens (including phenoxy) is 2. The summed E-state index contributed by atoms with van der Waals surface area (Å²) in [5, 5.41) is 0. The molecule has 0 aliphatic carbocycles. The molecule has 0 radical (unpaired) electrons. The minimum absolute atomic E-state index is 0.197. The summed E-state index contributed by atoms with van der Waals surface area (Å²) >= 11 is 0. The summed E-state index contributed by atoms with van der Waals surface area (Å²) in [6, 6.07) is -0.799. The standard InChI is InChI=1S/C12H19N3O4/c1-12(2,3)19-11(17)15-6-8(14-7-15)5-9(13)10(16)18-4/h6-7,9H,5,13H2,1-4H3/t9-/m0/s1. The van der Waals surface area contributed by atoms with E-state index in [0.29, 0.717) is 5.69 Å². The fourth-order valence-electron chi connectivity index (χ4n) is 1.34. The Morgan fingerprint density at radius 3 is 2.63 bits per heavy atom. The van der Waals surface area contributed by atoms with Gasteiger partial charge in [0.2, 0.25) is 0 Å². The summed E-state index contributed by atoms with van der Waals surface area (Å²) in [6.07, 6.45) is 2.48. The lowest BCUT2D eigenvalue weighted by atomic mass is 10.2. The number of imidazole rings is 1. The zero-order valence-electron chi connectivity index (χ0n) is 11.5. The zero-order valence-corrected chi connectivity index (χ0v) is 11.5. The maximum atomic E-state index is 11.7. The molecule has 0 aliphatic heterocycles. The molecule has 1 aromatic rings. The number of hydrogen-bond acceptors (Lipinski definition) is 6. The van der Waals surface area contributed by atoms with E-state index in [9.17, 15) is 9.59 Å². The first-order chi connectivity index (χ1) is 8.73. The highest BCUT2D eigenvalue weighted by atomic mass is 16.6. The molecule has 0 aromatic carbocycles. The summed E-state index contributed by atoms with van der Waals surface area (Å²) in [7, 11) is 1.27. The smallest absolute Gasteiger partial charge is 0.419 e. The normalized spacial score (nSPS) is 12.9. The second kappa shape index (κ2) is 5.83. The van der Waals surface area contributed by atoms with Gasteiger partial charge in [-0.3, -0.25) is 4.79 Å². The van der Waals surface area contributed by atoms with Crippen molar-refractivity contribution in [1.82, 2.24) is 9.55 Å². The molecule has 0 saturated carbocycles. The lowest BCUT2D eigenvalue weighted by molar-refractivity contribution is -0.142. The van der Waals surface area contributed by atoms with Gasteiger partial charge in [0, 0.05) is 12.6 Å². The highest BCUT2D eigenvalue weighted by Gasteiger charge is 2.20. The maximum absolute atomic E-state index is 11.7. The van der Waals surface area contributed by atoms with Crippen LogP contribution in [0.5, 0.6) is 0 Å². The molecule has 0 amide bonds. The summed E-state index contributed by atoms with van der Waals surface area (Å²) in [6.45, 7) is 5.32. The van der Waals surface area contributed by atoms with Crippen LogP contribution in [0.25, 0.3) is 0 Å². The molecule has 1 aromatic heterocycles. The van der Waals surface area contributed by atoms with Gasteiger partial charge in [0.05, 0.1) is 12.8 Å². The topological polar surface area (TPSA) is 96.4 Å². The summed E-state index contributed by atoms with van der Waals surface area (Å²) in [5.74, 6) is -0.521. The highest BCUT2D eigenvalue weighted by Crippen LogP contribution is 2.09. The van der Waals surface area contributed by atoms with Crippen molar-refractivity contribution < 1.29 is 19.1 Å². The SMILES string of the molecule is COC(=O)[C@@H](N)Cc1cn(C(=O)OC(C)(C)C)cn1. The van der Waals surface area contributed by atoms with Crippen LogP contribution in [0.4, 0.5) is 4.79 Å². The Balaban J connectivity index is 2.67. The van der Waals surface area contributed by atoms with Crippen LogP contribution >= 0.6 is 0 Å². The van der Waals surface area contributed by atoms with E-state index in [0.717, 1.165) is 0 Å². The van der Waals surface area contributed by atoms with Gasteiger partial charge in [0.15, 0.2) is 0 Å². The van der Waals surface area contributed by atoms with Crippen LogP contribution in [0.3, 0.4) is 0 Å². The molecule has 0 saturated heterocycles. The van der Waals surface area contributed by atoms with E-state index in [1.54, 1.807) is 20.8 Å². The van der Waals surface area contributed by atoms with E-state index in [1.165, 1.54) is 24.2 Å². The molecular formula is C12H19N3O4. The Bertz CT molecular complexity index is 462. The molecule has 2 N–H and O–H groups in total. The van der Waals surface area contributed by atoms with Crippen molar-refractivity contribution in [3.63, 3.8) is 0 Å². The molecule has 0 aliphatic rings. The molecule has 7 nitrogen and oxygen atoms in total. The first kappa shape index (κ1) is 15.2. The predicted octanol–water partition coefficient (Wildman–Crippen LogP) is 0.709.